The van der Waals surface area contributed by atoms with Crippen molar-refractivity contribution in [2.75, 3.05) is 7.05 Å². The molecule has 3 aromatic heterocycles. The Hall–Kier alpha value is -2.96. The molecule has 3 aromatic rings. The molecule has 0 radical (unpaired) electrons. The zero-order valence-corrected chi connectivity index (χ0v) is 14.8. The summed E-state index contributed by atoms with van der Waals surface area (Å²) in [7, 11) is 1.51. The molecule has 1 atom stereocenters. The van der Waals surface area contributed by atoms with Crippen LogP contribution in [0.1, 0.15) is 42.2 Å². The molecule has 130 valence electrons. The van der Waals surface area contributed by atoms with Gasteiger partial charge in [0.05, 0.1) is 10.9 Å². The summed E-state index contributed by atoms with van der Waals surface area (Å²) in [5.74, 6) is -0.391. The van der Waals surface area contributed by atoms with Crippen LogP contribution in [0.3, 0.4) is 0 Å². The zero-order valence-electron chi connectivity index (χ0n) is 14.8. The van der Waals surface area contributed by atoms with Gasteiger partial charge in [-0.15, -0.1) is 0 Å². The van der Waals surface area contributed by atoms with E-state index in [-0.39, 0.29) is 22.7 Å². The number of carbonyl (C=O) groups excluding carboxylic acids is 1. The molecule has 0 aromatic carbocycles. The molecule has 25 heavy (non-hydrogen) atoms. The lowest BCUT2D eigenvalue weighted by Gasteiger charge is -2.19. The Kier molecular flexibility index (Phi) is 4.16. The Bertz CT molecular complexity index is 1110. The third kappa shape index (κ3) is 2.61. The average molecular weight is 339 g/mol. The first-order chi connectivity index (χ1) is 11.9. The predicted molar refractivity (Wildman–Crippen MR) is 95.9 cm³/mol. The molecule has 7 nitrogen and oxygen atoms in total. The minimum Gasteiger partial charge on any atom is -0.355 e. The molecule has 0 aliphatic carbocycles. The van der Waals surface area contributed by atoms with E-state index in [9.17, 15) is 9.59 Å². The van der Waals surface area contributed by atoms with E-state index in [1.165, 1.54) is 17.5 Å². The molecule has 0 spiro atoms. The maximum atomic E-state index is 13.0. The zero-order chi connectivity index (χ0) is 18.3. The molecule has 1 amide bonds. The van der Waals surface area contributed by atoms with Crippen LogP contribution in [-0.2, 0) is 0 Å². The molecule has 3 heterocycles. The number of carbonyl (C=O) groups is 1. The second-order valence-electron chi connectivity index (χ2n) is 6.20. The topological polar surface area (TPSA) is 92.2 Å². The highest BCUT2D eigenvalue weighted by atomic mass is 16.1. The van der Waals surface area contributed by atoms with Crippen LogP contribution in [0.25, 0.3) is 16.7 Å². The third-order valence-corrected chi connectivity index (χ3v) is 4.50. The standard InChI is InChI=1S/C18H21N5O2/c1-5-11(3)23-15(19)12(17(24)20-4)8-13-16(23)21-14-7-6-10(2)9-22(14)18(13)25/h6-9,11,19H,5H2,1-4H3,(H,20,24). The highest BCUT2D eigenvalue weighted by molar-refractivity contribution is 5.96. The maximum Gasteiger partial charge on any atom is 0.267 e. The van der Waals surface area contributed by atoms with Gasteiger partial charge < -0.3 is 9.88 Å². The van der Waals surface area contributed by atoms with Crippen molar-refractivity contribution in [3.05, 3.63) is 51.4 Å². The third-order valence-electron chi connectivity index (χ3n) is 4.50. The van der Waals surface area contributed by atoms with Gasteiger partial charge in [0.2, 0.25) is 0 Å². The van der Waals surface area contributed by atoms with Gasteiger partial charge in [-0.3, -0.25) is 19.4 Å². The number of nitrogens with one attached hydrogen (secondary N) is 2. The molecule has 0 aliphatic rings. The van der Waals surface area contributed by atoms with Gasteiger partial charge in [0, 0.05) is 19.3 Å². The first-order valence-corrected chi connectivity index (χ1v) is 8.24. The lowest BCUT2D eigenvalue weighted by atomic mass is 10.1. The fraction of sp³-hybridized carbons (Fsp3) is 0.333. The number of aryl methyl sites for hydroxylation is 1. The van der Waals surface area contributed by atoms with E-state index in [4.69, 9.17) is 5.41 Å². The Balaban J connectivity index is 2.57. The largest absolute Gasteiger partial charge is 0.355 e. The molecule has 0 fully saturated rings. The van der Waals surface area contributed by atoms with Crippen molar-refractivity contribution in [2.24, 2.45) is 0 Å². The van der Waals surface area contributed by atoms with E-state index in [2.05, 4.69) is 10.3 Å². The molecular formula is C18H21N5O2. The number of pyridine rings is 2. The highest BCUT2D eigenvalue weighted by Gasteiger charge is 2.19. The first kappa shape index (κ1) is 16.9. The molecule has 1 unspecified atom stereocenters. The van der Waals surface area contributed by atoms with E-state index in [0.29, 0.717) is 16.7 Å². The van der Waals surface area contributed by atoms with Gasteiger partial charge >= 0.3 is 0 Å². The van der Waals surface area contributed by atoms with Gasteiger partial charge in [0.1, 0.15) is 16.8 Å². The molecule has 2 N–H and O–H groups in total. The number of amides is 1. The Morgan fingerprint density at radius 3 is 2.76 bits per heavy atom. The van der Waals surface area contributed by atoms with Crippen LogP contribution < -0.4 is 16.4 Å². The summed E-state index contributed by atoms with van der Waals surface area (Å²) in [5, 5.41) is 11.3. The maximum absolute atomic E-state index is 13.0. The molecule has 7 heteroatoms. The number of rotatable bonds is 3. The van der Waals surface area contributed by atoms with Crippen LogP contribution in [0.5, 0.6) is 0 Å². The second-order valence-corrected chi connectivity index (χ2v) is 6.20. The summed E-state index contributed by atoms with van der Waals surface area (Å²) >= 11 is 0. The fourth-order valence-corrected chi connectivity index (χ4v) is 2.92. The van der Waals surface area contributed by atoms with E-state index >= 15 is 0 Å². The SMILES string of the molecule is CCC(C)n1c(=N)c(C(=O)NC)cc2c(=O)n3cc(C)ccc3nc21. The summed E-state index contributed by atoms with van der Waals surface area (Å²) in [6, 6.07) is 5.08. The predicted octanol–water partition coefficient (Wildman–Crippen LogP) is 1.77. The average Bonchev–Trinajstić information content (AvgIpc) is 2.61. The summed E-state index contributed by atoms with van der Waals surface area (Å²) in [4.78, 5) is 29.8. The van der Waals surface area contributed by atoms with Gasteiger partial charge in [-0.1, -0.05) is 13.0 Å². The molecule has 3 rings (SSSR count). The van der Waals surface area contributed by atoms with E-state index in [0.717, 1.165) is 12.0 Å². The van der Waals surface area contributed by atoms with Crippen molar-refractivity contribution in [3.63, 3.8) is 0 Å². The van der Waals surface area contributed by atoms with Crippen LogP contribution in [0, 0.1) is 12.3 Å². The Labute approximate surface area is 144 Å². The number of hydrogen-bond acceptors (Lipinski definition) is 4. The first-order valence-electron chi connectivity index (χ1n) is 8.24. The molecule has 0 saturated carbocycles. The number of fused-ring (bicyclic) bond motifs is 2. The van der Waals surface area contributed by atoms with Gasteiger partial charge in [-0.2, -0.15) is 0 Å². The lowest BCUT2D eigenvalue weighted by Crippen LogP contribution is -2.34. The van der Waals surface area contributed by atoms with Crippen molar-refractivity contribution in [1.82, 2.24) is 19.3 Å². The summed E-state index contributed by atoms with van der Waals surface area (Å²) in [6.45, 7) is 5.84. The summed E-state index contributed by atoms with van der Waals surface area (Å²) in [6.07, 6.45) is 2.48. The van der Waals surface area contributed by atoms with Crippen LogP contribution >= 0.6 is 0 Å². The van der Waals surface area contributed by atoms with Crippen molar-refractivity contribution in [2.45, 2.75) is 33.2 Å². The van der Waals surface area contributed by atoms with Crippen molar-refractivity contribution >= 4 is 22.6 Å². The Morgan fingerprint density at radius 2 is 2.12 bits per heavy atom. The monoisotopic (exact) mass is 339 g/mol. The van der Waals surface area contributed by atoms with Crippen LogP contribution in [-0.4, -0.2) is 26.9 Å². The van der Waals surface area contributed by atoms with E-state index in [1.807, 2.05) is 26.8 Å². The minimum atomic E-state index is -0.391. The van der Waals surface area contributed by atoms with E-state index in [1.54, 1.807) is 16.8 Å². The van der Waals surface area contributed by atoms with Gasteiger partial charge in [-0.25, -0.2) is 4.98 Å². The summed E-state index contributed by atoms with van der Waals surface area (Å²) < 4.78 is 3.15. The minimum absolute atomic E-state index is 0.0598. The molecule has 0 saturated heterocycles. The normalized spacial score (nSPS) is 12.5. The van der Waals surface area contributed by atoms with Crippen molar-refractivity contribution < 1.29 is 4.79 Å². The van der Waals surface area contributed by atoms with Gasteiger partial charge in [-0.05, 0) is 38.0 Å². The second kappa shape index (κ2) is 6.16. The quantitative estimate of drug-likeness (QED) is 0.712. The molecule has 0 bridgehead atoms. The van der Waals surface area contributed by atoms with Crippen molar-refractivity contribution in [3.8, 4) is 0 Å². The summed E-state index contributed by atoms with van der Waals surface area (Å²) in [5.41, 5.74) is 1.87. The van der Waals surface area contributed by atoms with Crippen LogP contribution in [0.2, 0.25) is 0 Å². The smallest absolute Gasteiger partial charge is 0.267 e. The van der Waals surface area contributed by atoms with Gasteiger partial charge in [0.15, 0.2) is 0 Å². The fourth-order valence-electron chi connectivity index (χ4n) is 2.92. The van der Waals surface area contributed by atoms with Crippen LogP contribution in [0.4, 0.5) is 0 Å². The number of nitrogens with zero attached hydrogens (tertiary/aromatic N) is 3. The van der Waals surface area contributed by atoms with E-state index < -0.39 is 5.91 Å². The highest BCUT2D eigenvalue weighted by Crippen LogP contribution is 2.16. The van der Waals surface area contributed by atoms with Gasteiger partial charge in [0.25, 0.3) is 11.5 Å². The number of hydrogen-bond donors (Lipinski definition) is 2. The lowest BCUT2D eigenvalue weighted by molar-refractivity contribution is 0.0960. The molecular weight excluding hydrogens is 318 g/mol. The number of aromatic nitrogens is 3. The van der Waals surface area contributed by atoms with Crippen molar-refractivity contribution in [1.29, 1.82) is 5.41 Å². The molecule has 0 aliphatic heterocycles. The Morgan fingerprint density at radius 1 is 1.40 bits per heavy atom. The van der Waals surface area contributed by atoms with Crippen LogP contribution in [0.15, 0.2) is 29.2 Å².